The smallest absolute Gasteiger partial charge is 0.232 e. The number of rotatable bonds is 4. The molecular weight excluding hydrogens is 329 g/mol. The van der Waals surface area contributed by atoms with E-state index < -0.39 is 15.8 Å². The van der Waals surface area contributed by atoms with E-state index in [1.807, 2.05) is 24.3 Å². The Morgan fingerprint density at radius 3 is 2.17 bits per heavy atom. The Kier molecular flexibility index (Phi) is 4.19. The molecule has 0 aliphatic heterocycles. The molecule has 24 heavy (non-hydrogen) atoms. The summed E-state index contributed by atoms with van der Waals surface area (Å²) in [5.74, 6) is -0.422. The van der Waals surface area contributed by atoms with Crippen molar-refractivity contribution in [1.82, 2.24) is 9.97 Å². The van der Waals surface area contributed by atoms with Crippen LogP contribution in [-0.4, -0.2) is 24.6 Å². The maximum absolute atomic E-state index is 13.1. The van der Waals surface area contributed by atoms with Crippen molar-refractivity contribution in [3.8, 4) is 0 Å². The van der Waals surface area contributed by atoms with Crippen molar-refractivity contribution in [2.24, 2.45) is 0 Å². The van der Waals surface area contributed by atoms with Crippen LogP contribution in [0.2, 0.25) is 0 Å². The lowest BCUT2D eigenvalue weighted by atomic mass is 10.2. The van der Waals surface area contributed by atoms with E-state index in [0.717, 1.165) is 11.8 Å². The van der Waals surface area contributed by atoms with Gasteiger partial charge in [-0.15, -0.1) is 0 Å². The first-order valence-electron chi connectivity index (χ1n) is 7.30. The second kappa shape index (κ2) is 6.16. The summed E-state index contributed by atoms with van der Waals surface area (Å²) in [4.78, 5) is 9.00. The second-order valence-corrected chi connectivity index (χ2v) is 7.40. The van der Waals surface area contributed by atoms with Gasteiger partial charge in [0.15, 0.2) is 0 Å². The van der Waals surface area contributed by atoms with Crippen LogP contribution in [0, 0.1) is 12.7 Å². The molecule has 0 saturated carbocycles. The summed E-state index contributed by atoms with van der Waals surface area (Å²) in [5, 5.41) is 0. The van der Waals surface area contributed by atoms with Crippen molar-refractivity contribution in [3.05, 3.63) is 65.7 Å². The Labute approximate surface area is 139 Å². The number of halogens is 1. The summed E-state index contributed by atoms with van der Waals surface area (Å²) in [6, 6.07) is 12.7. The fourth-order valence-electron chi connectivity index (χ4n) is 2.42. The molecule has 5 nitrogen and oxygen atoms in total. The topological polar surface area (TPSA) is 63.2 Å². The largest absolute Gasteiger partial charge is 0.264 e. The number of hydrogen-bond acceptors (Lipinski definition) is 4. The van der Waals surface area contributed by atoms with Crippen LogP contribution >= 0.6 is 0 Å². The first kappa shape index (κ1) is 16.3. The van der Waals surface area contributed by atoms with Crippen molar-refractivity contribution in [3.63, 3.8) is 0 Å². The normalized spacial score (nSPS) is 11.6. The summed E-state index contributed by atoms with van der Waals surface area (Å²) in [7, 11) is -3.56. The van der Waals surface area contributed by atoms with Crippen molar-refractivity contribution < 1.29 is 12.8 Å². The van der Waals surface area contributed by atoms with Crippen LogP contribution in [0.3, 0.4) is 0 Å². The van der Waals surface area contributed by atoms with E-state index in [1.165, 1.54) is 28.6 Å². The molecule has 0 amide bonds. The molecule has 3 aromatic rings. The van der Waals surface area contributed by atoms with Crippen LogP contribution < -0.4 is 4.31 Å². The lowest BCUT2D eigenvalue weighted by Gasteiger charge is -2.22. The number of nitrogens with zero attached hydrogens (tertiary/aromatic N) is 3. The van der Waals surface area contributed by atoms with Crippen LogP contribution in [0.1, 0.15) is 11.4 Å². The molecule has 0 unspecified atom stereocenters. The average Bonchev–Trinajstić information content (AvgIpc) is 2.53. The maximum Gasteiger partial charge on any atom is 0.232 e. The minimum atomic E-state index is -3.56. The Bertz CT molecular complexity index is 988. The highest BCUT2D eigenvalue weighted by Gasteiger charge is 2.20. The van der Waals surface area contributed by atoms with E-state index in [4.69, 9.17) is 0 Å². The number of aromatic nitrogens is 2. The molecule has 0 spiro atoms. The highest BCUT2D eigenvalue weighted by molar-refractivity contribution is 7.92. The predicted molar refractivity (Wildman–Crippen MR) is 91.7 cm³/mol. The summed E-state index contributed by atoms with van der Waals surface area (Å²) in [6.07, 6.45) is 1.11. The molecule has 2 aromatic carbocycles. The fraction of sp³-hybridized carbons (Fsp3) is 0.176. The maximum atomic E-state index is 13.1. The predicted octanol–water partition coefficient (Wildman–Crippen LogP) is 3.04. The number of sulfonamides is 1. The molecule has 0 fully saturated rings. The lowest BCUT2D eigenvalue weighted by molar-refractivity contribution is 0.595. The summed E-state index contributed by atoms with van der Waals surface area (Å²) >= 11 is 0. The minimum Gasteiger partial charge on any atom is -0.264 e. The van der Waals surface area contributed by atoms with Gasteiger partial charge in [0, 0.05) is 0 Å². The molecule has 0 saturated heterocycles. The number of para-hydroxylation sites is 2. The molecule has 7 heteroatoms. The zero-order chi connectivity index (χ0) is 17.3. The number of aryl methyl sites for hydroxylation is 1. The highest BCUT2D eigenvalue weighted by Crippen LogP contribution is 2.22. The van der Waals surface area contributed by atoms with Gasteiger partial charge in [-0.2, -0.15) is 0 Å². The Morgan fingerprint density at radius 1 is 1.00 bits per heavy atom. The van der Waals surface area contributed by atoms with Crippen LogP contribution in [0.4, 0.5) is 10.1 Å². The van der Waals surface area contributed by atoms with Crippen LogP contribution in [0.15, 0.2) is 48.5 Å². The third-order valence-corrected chi connectivity index (χ3v) is 4.79. The van der Waals surface area contributed by atoms with Gasteiger partial charge in [-0.25, -0.2) is 22.8 Å². The van der Waals surface area contributed by atoms with Crippen molar-refractivity contribution in [2.75, 3.05) is 10.6 Å². The Hall–Kier alpha value is -2.54. The first-order chi connectivity index (χ1) is 11.3. The van der Waals surface area contributed by atoms with Crippen molar-refractivity contribution in [2.45, 2.75) is 13.5 Å². The Morgan fingerprint density at radius 2 is 1.58 bits per heavy atom. The van der Waals surface area contributed by atoms with Gasteiger partial charge < -0.3 is 0 Å². The molecular formula is C17H16FN3O2S. The van der Waals surface area contributed by atoms with Crippen LogP contribution in [0.25, 0.3) is 11.0 Å². The van der Waals surface area contributed by atoms with Gasteiger partial charge in [-0.1, -0.05) is 12.1 Å². The average molecular weight is 345 g/mol. The third-order valence-electron chi connectivity index (χ3n) is 3.65. The molecule has 0 atom stereocenters. The van der Waals surface area contributed by atoms with E-state index in [2.05, 4.69) is 9.97 Å². The van der Waals surface area contributed by atoms with Gasteiger partial charge in [0.2, 0.25) is 10.0 Å². The summed E-state index contributed by atoms with van der Waals surface area (Å²) < 4.78 is 38.7. The molecule has 0 N–H and O–H groups in total. The molecule has 0 aliphatic rings. The Balaban J connectivity index is 2.05. The molecule has 0 aliphatic carbocycles. The van der Waals surface area contributed by atoms with Gasteiger partial charge in [0.05, 0.1) is 40.9 Å². The fourth-order valence-corrected chi connectivity index (χ4v) is 3.28. The van der Waals surface area contributed by atoms with Gasteiger partial charge in [-0.3, -0.25) is 4.31 Å². The molecule has 124 valence electrons. The lowest BCUT2D eigenvalue weighted by Crippen LogP contribution is -2.30. The number of hydrogen-bond donors (Lipinski definition) is 0. The highest BCUT2D eigenvalue weighted by atomic mass is 32.2. The quantitative estimate of drug-likeness (QED) is 0.729. The molecule has 0 bridgehead atoms. The van der Waals surface area contributed by atoms with Crippen LogP contribution in [0.5, 0.6) is 0 Å². The number of anilines is 1. The van der Waals surface area contributed by atoms with E-state index in [1.54, 1.807) is 6.92 Å². The van der Waals surface area contributed by atoms with E-state index >= 15 is 0 Å². The minimum absolute atomic E-state index is 0.0358. The van der Waals surface area contributed by atoms with Gasteiger partial charge in [0.25, 0.3) is 0 Å². The van der Waals surface area contributed by atoms with Crippen molar-refractivity contribution >= 4 is 26.7 Å². The van der Waals surface area contributed by atoms with Gasteiger partial charge in [-0.05, 0) is 43.3 Å². The SMILES string of the molecule is Cc1nc2ccccc2nc1CN(c1ccc(F)cc1)S(C)(=O)=O. The van der Waals surface area contributed by atoms with Gasteiger partial charge in [0.1, 0.15) is 5.82 Å². The van der Waals surface area contributed by atoms with Gasteiger partial charge >= 0.3 is 0 Å². The van der Waals surface area contributed by atoms with E-state index in [-0.39, 0.29) is 6.54 Å². The molecule has 3 rings (SSSR count). The molecule has 1 aromatic heterocycles. The summed E-state index contributed by atoms with van der Waals surface area (Å²) in [6.45, 7) is 1.83. The number of fused-ring (bicyclic) bond motifs is 1. The van der Waals surface area contributed by atoms with Crippen LogP contribution in [-0.2, 0) is 16.6 Å². The molecule has 1 heterocycles. The van der Waals surface area contributed by atoms with E-state index in [0.29, 0.717) is 22.6 Å². The van der Waals surface area contributed by atoms with Crippen molar-refractivity contribution in [1.29, 1.82) is 0 Å². The monoisotopic (exact) mass is 345 g/mol. The standard InChI is InChI=1S/C17H16FN3O2S/c1-12-17(20-16-6-4-3-5-15(16)19-12)11-21(24(2,22)23)14-9-7-13(18)8-10-14/h3-10H,11H2,1-2H3. The first-order valence-corrected chi connectivity index (χ1v) is 9.15. The summed E-state index contributed by atoms with van der Waals surface area (Å²) in [5.41, 5.74) is 3.05. The second-order valence-electron chi connectivity index (χ2n) is 5.49. The number of benzene rings is 2. The van der Waals surface area contributed by atoms with E-state index in [9.17, 15) is 12.8 Å². The zero-order valence-corrected chi connectivity index (χ0v) is 14.1. The zero-order valence-electron chi connectivity index (χ0n) is 13.3. The molecule has 0 radical (unpaired) electrons. The third kappa shape index (κ3) is 3.35.